The first-order valence-corrected chi connectivity index (χ1v) is 4.41. The molecule has 0 aliphatic carbocycles. The lowest BCUT2D eigenvalue weighted by Crippen LogP contribution is -2.32. The first kappa shape index (κ1) is 7.73. The molecule has 0 spiro atoms. The summed E-state index contributed by atoms with van der Waals surface area (Å²) in [7, 11) is 0. The maximum absolute atomic E-state index is 11.2. The van der Waals surface area contributed by atoms with Gasteiger partial charge in [-0.1, -0.05) is 6.08 Å². The molecule has 2 aliphatic rings. The third-order valence-corrected chi connectivity index (χ3v) is 2.37. The van der Waals surface area contributed by atoms with Gasteiger partial charge in [0.05, 0.1) is 0 Å². The molecule has 2 aliphatic heterocycles. The normalized spacial score (nSPS) is 27.0. The average Bonchev–Trinajstić information content (AvgIpc) is 2.28. The van der Waals surface area contributed by atoms with Crippen LogP contribution in [0.2, 0.25) is 0 Å². The predicted octanol–water partition coefficient (Wildman–Crippen LogP) is 1.42. The Hall–Kier alpha value is -0.900. The lowest BCUT2D eigenvalue weighted by Gasteiger charge is -2.21. The Kier molecular flexibility index (Phi) is 1.65. The molecule has 0 aromatic carbocycles. The molecule has 4 heteroatoms. The number of fused-ring (bicyclic) bond motifs is 1. The standard InChI is InChI=1S/C8H7BrN2O/c1-5-10-8(12)7-3-2-6(9)4-11(5)7/h2-4,7H,1H3. The molecule has 1 amide bonds. The Balaban J connectivity index is 2.38. The summed E-state index contributed by atoms with van der Waals surface area (Å²) in [5.74, 6) is 0.673. The van der Waals surface area contributed by atoms with Gasteiger partial charge in [-0.15, -0.1) is 0 Å². The fraction of sp³-hybridized carbons (Fsp3) is 0.250. The van der Waals surface area contributed by atoms with E-state index in [1.807, 2.05) is 30.2 Å². The third-order valence-electron chi connectivity index (χ3n) is 1.90. The van der Waals surface area contributed by atoms with E-state index >= 15 is 0 Å². The minimum Gasteiger partial charge on any atom is -0.319 e. The van der Waals surface area contributed by atoms with E-state index in [1.165, 1.54) is 0 Å². The summed E-state index contributed by atoms with van der Waals surface area (Å²) >= 11 is 3.34. The van der Waals surface area contributed by atoms with E-state index in [-0.39, 0.29) is 11.9 Å². The van der Waals surface area contributed by atoms with Crippen LogP contribution in [0.3, 0.4) is 0 Å². The molecule has 0 radical (unpaired) electrons. The summed E-state index contributed by atoms with van der Waals surface area (Å²) in [5.41, 5.74) is 0. The number of amides is 1. The number of halogens is 1. The van der Waals surface area contributed by atoms with Crippen LogP contribution in [0.5, 0.6) is 0 Å². The van der Waals surface area contributed by atoms with E-state index in [4.69, 9.17) is 0 Å². The first-order chi connectivity index (χ1) is 5.68. The quantitative estimate of drug-likeness (QED) is 0.626. The van der Waals surface area contributed by atoms with Crippen molar-refractivity contribution in [2.45, 2.75) is 13.0 Å². The molecule has 0 bridgehead atoms. The summed E-state index contributed by atoms with van der Waals surface area (Å²) < 4.78 is 0.961. The van der Waals surface area contributed by atoms with Crippen molar-refractivity contribution in [3.63, 3.8) is 0 Å². The predicted molar refractivity (Wildman–Crippen MR) is 49.9 cm³/mol. The van der Waals surface area contributed by atoms with Crippen molar-refractivity contribution in [2.24, 2.45) is 4.99 Å². The maximum Gasteiger partial charge on any atom is 0.274 e. The largest absolute Gasteiger partial charge is 0.319 e. The van der Waals surface area contributed by atoms with Crippen LogP contribution in [0, 0.1) is 0 Å². The minimum atomic E-state index is -0.203. The maximum atomic E-state index is 11.2. The van der Waals surface area contributed by atoms with Gasteiger partial charge in [-0.3, -0.25) is 4.79 Å². The van der Waals surface area contributed by atoms with Crippen molar-refractivity contribution in [2.75, 3.05) is 0 Å². The zero-order chi connectivity index (χ0) is 8.72. The molecule has 0 saturated heterocycles. The number of nitrogens with zero attached hydrogens (tertiary/aromatic N) is 2. The molecule has 1 atom stereocenters. The van der Waals surface area contributed by atoms with Crippen molar-refractivity contribution in [1.82, 2.24) is 4.90 Å². The second kappa shape index (κ2) is 2.55. The molecular weight excluding hydrogens is 220 g/mol. The summed E-state index contributed by atoms with van der Waals surface area (Å²) in [6, 6.07) is -0.203. The van der Waals surface area contributed by atoms with Crippen LogP contribution in [0.1, 0.15) is 6.92 Å². The smallest absolute Gasteiger partial charge is 0.274 e. The average molecular weight is 227 g/mol. The zero-order valence-corrected chi connectivity index (χ0v) is 8.08. The van der Waals surface area contributed by atoms with E-state index < -0.39 is 0 Å². The number of hydrogen-bond donors (Lipinski definition) is 0. The van der Waals surface area contributed by atoms with Gasteiger partial charge in [-0.25, -0.2) is 0 Å². The van der Waals surface area contributed by atoms with Gasteiger partial charge in [-0.2, -0.15) is 4.99 Å². The summed E-state index contributed by atoms with van der Waals surface area (Å²) in [5, 5.41) is 0. The Morgan fingerprint density at radius 3 is 3.17 bits per heavy atom. The van der Waals surface area contributed by atoms with Gasteiger partial charge >= 0.3 is 0 Å². The van der Waals surface area contributed by atoms with Gasteiger partial charge < -0.3 is 4.90 Å². The Morgan fingerprint density at radius 2 is 2.42 bits per heavy atom. The fourth-order valence-corrected chi connectivity index (χ4v) is 1.68. The van der Waals surface area contributed by atoms with Gasteiger partial charge in [-0.05, 0) is 28.9 Å². The van der Waals surface area contributed by atoms with Gasteiger partial charge in [0.25, 0.3) is 5.91 Å². The van der Waals surface area contributed by atoms with Crippen molar-refractivity contribution >= 4 is 27.7 Å². The van der Waals surface area contributed by atoms with Crippen molar-refractivity contribution < 1.29 is 4.79 Å². The second-order valence-corrected chi connectivity index (χ2v) is 3.64. The molecule has 0 aromatic rings. The number of allylic oxidation sites excluding steroid dienone is 2. The lowest BCUT2D eigenvalue weighted by atomic mass is 10.2. The van der Waals surface area contributed by atoms with Gasteiger partial charge in [0.15, 0.2) is 0 Å². The molecule has 2 rings (SSSR count). The van der Waals surface area contributed by atoms with E-state index in [1.54, 1.807) is 0 Å². The highest BCUT2D eigenvalue weighted by atomic mass is 79.9. The molecule has 0 aromatic heterocycles. The van der Waals surface area contributed by atoms with E-state index in [0.29, 0.717) is 0 Å². The third kappa shape index (κ3) is 1.03. The zero-order valence-electron chi connectivity index (χ0n) is 6.49. The van der Waals surface area contributed by atoms with Crippen LogP contribution in [0.15, 0.2) is 27.8 Å². The summed E-state index contributed by atoms with van der Waals surface area (Å²) in [6.07, 6.45) is 5.58. The highest BCUT2D eigenvalue weighted by molar-refractivity contribution is 9.11. The molecule has 1 unspecified atom stereocenters. The highest BCUT2D eigenvalue weighted by Gasteiger charge is 2.31. The summed E-state index contributed by atoms with van der Waals surface area (Å²) in [6.45, 7) is 1.83. The van der Waals surface area contributed by atoms with Crippen LogP contribution in [-0.4, -0.2) is 22.7 Å². The van der Waals surface area contributed by atoms with Gasteiger partial charge in [0, 0.05) is 10.7 Å². The number of aliphatic imine (C=N–C) groups is 1. The fourth-order valence-electron chi connectivity index (χ4n) is 1.31. The number of rotatable bonds is 0. The van der Waals surface area contributed by atoms with E-state index in [0.717, 1.165) is 10.3 Å². The molecule has 3 nitrogen and oxygen atoms in total. The number of carbonyl (C=O) groups excluding carboxylic acids is 1. The highest BCUT2D eigenvalue weighted by Crippen LogP contribution is 2.22. The van der Waals surface area contributed by atoms with Crippen LogP contribution in [-0.2, 0) is 4.79 Å². The number of hydrogen-bond acceptors (Lipinski definition) is 2. The Morgan fingerprint density at radius 1 is 1.67 bits per heavy atom. The molecule has 62 valence electrons. The SMILES string of the molecule is CC1=NC(=O)C2C=CC(Br)=CN12. The topological polar surface area (TPSA) is 32.7 Å². The number of carbonyl (C=O) groups is 1. The molecule has 12 heavy (non-hydrogen) atoms. The van der Waals surface area contributed by atoms with Crippen LogP contribution in [0.25, 0.3) is 0 Å². The van der Waals surface area contributed by atoms with Crippen LogP contribution < -0.4 is 0 Å². The minimum absolute atomic E-state index is 0.0833. The van der Waals surface area contributed by atoms with Crippen LogP contribution >= 0.6 is 15.9 Å². The Bertz CT molecular complexity index is 330. The molecule has 0 saturated carbocycles. The molecular formula is C8H7BrN2O. The van der Waals surface area contributed by atoms with Gasteiger partial charge in [0.1, 0.15) is 11.9 Å². The van der Waals surface area contributed by atoms with Gasteiger partial charge in [0.2, 0.25) is 0 Å². The molecule has 0 N–H and O–H groups in total. The van der Waals surface area contributed by atoms with Crippen molar-refractivity contribution in [1.29, 1.82) is 0 Å². The van der Waals surface area contributed by atoms with Crippen LogP contribution in [0.4, 0.5) is 0 Å². The van der Waals surface area contributed by atoms with Crippen molar-refractivity contribution in [3.05, 3.63) is 22.8 Å². The lowest BCUT2D eigenvalue weighted by molar-refractivity contribution is -0.118. The molecule has 2 heterocycles. The van der Waals surface area contributed by atoms with E-state index in [2.05, 4.69) is 20.9 Å². The summed E-state index contributed by atoms with van der Waals surface area (Å²) in [4.78, 5) is 16.9. The Labute approximate surface area is 78.6 Å². The second-order valence-electron chi connectivity index (χ2n) is 2.72. The monoisotopic (exact) mass is 226 g/mol. The van der Waals surface area contributed by atoms with E-state index in [9.17, 15) is 4.79 Å². The number of amidine groups is 1. The van der Waals surface area contributed by atoms with Crippen molar-refractivity contribution in [3.8, 4) is 0 Å². The first-order valence-electron chi connectivity index (χ1n) is 3.61. The molecule has 0 fully saturated rings.